The number of thioether (sulfide) groups is 1. The zero-order chi connectivity index (χ0) is 23.8. The average Bonchev–Trinajstić information content (AvgIpc) is 2.76. The standard InChI is InChI=1S/C23H16BrF3N2O3S/c1-12-21(30)29-18-10-13(2-9-20(18)33-12)22(31)28-17-11-14(23(25,26)27)3-8-19(17)32-16-6-4-15(24)5-7-16/h2-12H,1H3,(H,28,31)(H,29,30)/t12-/m1/s1. The fraction of sp³-hybridized carbons (Fsp3) is 0.130. The number of carbonyl (C=O) groups excluding carboxylic acids is 2. The van der Waals surface area contributed by atoms with Crippen molar-refractivity contribution in [3.05, 3.63) is 76.3 Å². The summed E-state index contributed by atoms with van der Waals surface area (Å²) in [6, 6.07) is 14.3. The van der Waals surface area contributed by atoms with Gasteiger partial charge in [-0.1, -0.05) is 15.9 Å². The van der Waals surface area contributed by atoms with E-state index in [1.165, 1.54) is 17.8 Å². The summed E-state index contributed by atoms with van der Waals surface area (Å²) < 4.78 is 46.4. The summed E-state index contributed by atoms with van der Waals surface area (Å²) in [5, 5.41) is 4.97. The molecule has 1 heterocycles. The topological polar surface area (TPSA) is 67.4 Å². The summed E-state index contributed by atoms with van der Waals surface area (Å²) in [7, 11) is 0. The number of ether oxygens (including phenoxy) is 1. The molecule has 0 radical (unpaired) electrons. The van der Waals surface area contributed by atoms with Gasteiger partial charge in [0.2, 0.25) is 5.91 Å². The molecule has 3 aromatic carbocycles. The molecule has 0 aromatic heterocycles. The Kier molecular flexibility index (Phi) is 6.40. The molecule has 0 saturated heterocycles. The summed E-state index contributed by atoms with van der Waals surface area (Å²) in [6.45, 7) is 1.77. The van der Waals surface area contributed by atoms with Crippen LogP contribution in [0.25, 0.3) is 0 Å². The summed E-state index contributed by atoms with van der Waals surface area (Å²) >= 11 is 4.66. The number of amides is 2. The quantitative estimate of drug-likeness (QED) is 0.378. The smallest absolute Gasteiger partial charge is 0.416 e. The molecular weight excluding hydrogens is 521 g/mol. The molecule has 0 unspecified atom stereocenters. The molecule has 10 heteroatoms. The van der Waals surface area contributed by atoms with Crippen molar-refractivity contribution >= 4 is 50.9 Å². The maximum atomic E-state index is 13.3. The van der Waals surface area contributed by atoms with Crippen LogP contribution in [0.3, 0.4) is 0 Å². The monoisotopic (exact) mass is 536 g/mol. The number of carbonyl (C=O) groups is 2. The first kappa shape index (κ1) is 23.2. The van der Waals surface area contributed by atoms with Crippen LogP contribution in [0.2, 0.25) is 0 Å². The maximum Gasteiger partial charge on any atom is 0.416 e. The van der Waals surface area contributed by atoms with E-state index in [-0.39, 0.29) is 28.2 Å². The first-order chi connectivity index (χ1) is 15.6. The van der Waals surface area contributed by atoms with Crippen molar-refractivity contribution in [1.29, 1.82) is 0 Å². The first-order valence-corrected chi connectivity index (χ1v) is 11.3. The van der Waals surface area contributed by atoms with E-state index in [0.29, 0.717) is 11.4 Å². The van der Waals surface area contributed by atoms with Gasteiger partial charge in [-0.25, -0.2) is 0 Å². The third kappa shape index (κ3) is 5.33. The van der Waals surface area contributed by atoms with Gasteiger partial charge in [-0.2, -0.15) is 13.2 Å². The van der Waals surface area contributed by atoms with Gasteiger partial charge in [-0.3, -0.25) is 9.59 Å². The second-order valence-electron chi connectivity index (χ2n) is 7.18. The van der Waals surface area contributed by atoms with Gasteiger partial charge in [0.05, 0.1) is 22.2 Å². The van der Waals surface area contributed by atoms with E-state index >= 15 is 0 Å². The number of halogens is 4. The molecule has 2 amide bonds. The Labute approximate surface area is 199 Å². The van der Waals surface area contributed by atoms with E-state index in [9.17, 15) is 22.8 Å². The van der Waals surface area contributed by atoms with Gasteiger partial charge in [-0.05, 0) is 67.6 Å². The molecule has 2 N–H and O–H groups in total. The van der Waals surface area contributed by atoms with E-state index in [1.54, 1.807) is 43.3 Å². The van der Waals surface area contributed by atoms with Crippen molar-refractivity contribution in [3.63, 3.8) is 0 Å². The van der Waals surface area contributed by atoms with E-state index in [0.717, 1.165) is 27.6 Å². The highest BCUT2D eigenvalue weighted by atomic mass is 79.9. The molecular formula is C23H16BrF3N2O3S. The van der Waals surface area contributed by atoms with Gasteiger partial charge < -0.3 is 15.4 Å². The van der Waals surface area contributed by atoms with E-state index in [1.807, 2.05) is 0 Å². The Balaban J connectivity index is 1.64. The zero-order valence-electron chi connectivity index (χ0n) is 17.0. The number of benzene rings is 3. The van der Waals surface area contributed by atoms with Gasteiger partial charge in [-0.15, -0.1) is 11.8 Å². The average molecular weight is 537 g/mol. The normalized spacial score (nSPS) is 15.4. The lowest BCUT2D eigenvalue weighted by Gasteiger charge is -2.22. The Morgan fingerprint density at radius 2 is 1.82 bits per heavy atom. The Morgan fingerprint density at radius 3 is 2.52 bits per heavy atom. The number of rotatable bonds is 4. The highest BCUT2D eigenvalue weighted by molar-refractivity contribution is 9.10. The predicted molar refractivity (Wildman–Crippen MR) is 124 cm³/mol. The number of alkyl halides is 3. The first-order valence-electron chi connectivity index (χ1n) is 9.68. The van der Waals surface area contributed by atoms with Crippen LogP contribution in [0.15, 0.2) is 70.0 Å². The largest absolute Gasteiger partial charge is 0.455 e. The summed E-state index contributed by atoms with van der Waals surface area (Å²) in [5.41, 5.74) is -0.408. The highest BCUT2D eigenvalue weighted by Gasteiger charge is 2.31. The van der Waals surface area contributed by atoms with Crippen LogP contribution >= 0.6 is 27.7 Å². The van der Waals surface area contributed by atoms with Crippen LogP contribution < -0.4 is 15.4 Å². The van der Waals surface area contributed by atoms with Crippen LogP contribution in [-0.4, -0.2) is 17.1 Å². The Morgan fingerprint density at radius 1 is 1.09 bits per heavy atom. The number of hydrogen-bond acceptors (Lipinski definition) is 4. The second kappa shape index (κ2) is 9.11. The lowest BCUT2D eigenvalue weighted by Crippen LogP contribution is -2.26. The fourth-order valence-electron chi connectivity index (χ4n) is 3.07. The maximum absolute atomic E-state index is 13.3. The van der Waals surface area contributed by atoms with E-state index < -0.39 is 17.6 Å². The number of nitrogens with one attached hydrogen (secondary N) is 2. The fourth-order valence-corrected chi connectivity index (χ4v) is 4.26. The number of hydrogen-bond donors (Lipinski definition) is 2. The van der Waals surface area contributed by atoms with Gasteiger partial charge in [0, 0.05) is 14.9 Å². The molecule has 4 rings (SSSR count). The number of anilines is 2. The molecule has 0 saturated carbocycles. The van der Waals surface area contributed by atoms with Crippen molar-refractivity contribution in [2.75, 3.05) is 10.6 Å². The van der Waals surface area contributed by atoms with Crippen LogP contribution in [0.4, 0.5) is 24.5 Å². The third-order valence-corrected chi connectivity index (χ3v) is 6.48. The summed E-state index contributed by atoms with van der Waals surface area (Å²) in [5.74, 6) is -0.394. The van der Waals surface area contributed by atoms with Gasteiger partial charge in [0.25, 0.3) is 5.91 Å². The van der Waals surface area contributed by atoms with Gasteiger partial charge >= 0.3 is 6.18 Å². The van der Waals surface area contributed by atoms with Crippen LogP contribution in [0.1, 0.15) is 22.8 Å². The molecule has 0 spiro atoms. The van der Waals surface area contributed by atoms with Crippen molar-refractivity contribution < 1.29 is 27.5 Å². The second-order valence-corrected chi connectivity index (χ2v) is 9.48. The molecule has 1 aliphatic rings. The summed E-state index contributed by atoms with van der Waals surface area (Å²) in [6.07, 6.45) is -4.60. The lowest BCUT2D eigenvalue weighted by atomic mass is 10.1. The molecule has 0 aliphatic carbocycles. The minimum Gasteiger partial charge on any atom is -0.455 e. The van der Waals surface area contributed by atoms with Crippen molar-refractivity contribution in [2.45, 2.75) is 23.2 Å². The Hall–Kier alpha value is -2.98. The van der Waals surface area contributed by atoms with Crippen LogP contribution in [-0.2, 0) is 11.0 Å². The molecule has 1 atom stereocenters. The van der Waals surface area contributed by atoms with E-state index in [2.05, 4.69) is 26.6 Å². The molecule has 3 aromatic rings. The van der Waals surface area contributed by atoms with Crippen LogP contribution in [0.5, 0.6) is 11.5 Å². The van der Waals surface area contributed by atoms with Crippen LogP contribution in [0, 0.1) is 0 Å². The number of fused-ring (bicyclic) bond motifs is 1. The predicted octanol–water partition coefficient (Wildman–Crippen LogP) is 6.95. The van der Waals surface area contributed by atoms with Crippen molar-refractivity contribution in [1.82, 2.24) is 0 Å². The van der Waals surface area contributed by atoms with Gasteiger partial charge in [0.1, 0.15) is 5.75 Å². The molecule has 1 aliphatic heterocycles. The molecule has 0 fully saturated rings. The molecule has 33 heavy (non-hydrogen) atoms. The minimum atomic E-state index is -4.60. The molecule has 0 bridgehead atoms. The van der Waals surface area contributed by atoms with E-state index in [4.69, 9.17) is 4.74 Å². The molecule has 170 valence electrons. The SMILES string of the molecule is C[C@H]1Sc2ccc(C(=O)Nc3cc(C(F)(F)F)ccc3Oc3ccc(Br)cc3)cc2NC1=O. The molecule has 5 nitrogen and oxygen atoms in total. The third-order valence-electron chi connectivity index (χ3n) is 4.77. The Bertz CT molecular complexity index is 1230. The van der Waals surface area contributed by atoms with Crippen molar-refractivity contribution in [2.24, 2.45) is 0 Å². The van der Waals surface area contributed by atoms with Gasteiger partial charge in [0.15, 0.2) is 5.75 Å². The zero-order valence-corrected chi connectivity index (χ0v) is 19.4. The van der Waals surface area contributed by atoms with Crippen molar-refractivity contribution in [3.8, 4) is 11.5 Å². The lowest BCUT2D eigenvalue weighted by molar-refractivity contribution is -0.137. The summed E-state index contributed by atoms with van der Waals surface area (Å²) in [4.78, 5) is 25.6. The highest BCUT2D eigenvalue weighted by Crippen LogP contribution is 2.38. The minimum absolute atomic E-state index is 0.0503.